The Kier molecular flexibility index (Phi) is 2.26. The van der Waals surface area contributed by atoms with Crippen LogP contribution < -0.4 is 0 Å². The maximum atomic E-state index is 3.38. The van der Waals surface area contributed by atoms with Crippen molar-refractivity contribution in [1.29, 1.82) is 0 Å². The number of hydrogen-bond acceptors (Lipinski definition) is 0. The van der Waals surface area contributed by atoms with Crippen molar-refractivity contribution in [2.24, 2.45) is 0 Å². The van der Waals surface area contributed by atoms with Gasteiger partial charge in [-0.2, -0.15) is 0 Å². The minimum absolute atomic E-state index is 1.25. The molecule has 1 aliphatic rings. The number of aryl methyl sites for hydroxylation is 1. The first-order chi connectivity index (χ1) is 6.29. The third-order valence-electron chi connectivity index (χ3n) is 3.01. The lowest BCUT2D eigenvalue weighted by Gasteiger charge is -2.12. The van der Waals surface area contributed by atoms with Crippen LogP contribution in [0.25, 0.3) is 5.57 Å². The highest BCUT2D eigenvalue weighted by Crippen LogP contribution is 2.28. The SMILES string of the molecule is Cc1c[nH]c(C2=CCCCC2)c1C. The predicted molar refractivity (Wildman–Crippen MR) is 56.7 cm³/mol. The van der Waals surface area contributed by atoms with Gasteiger partial charge in [-0.25, -0.2) is 0 Å². The van der Waals surface area contributed by atoms with Crippen LogP contribution in [0.2, 0.25) is 0 Å². The number of hydrogen-bond donors (Lipinski definition) is 1. The second-order valence-corrected chi connectivity index (χ2v) is 3.95. The first-order valence-electron chi connectivity index (χ1n) is 5.13. The lowest BCUT2D eigenvalue weighted by atomic mass is 9.95. The zero-order valence-electron chi connectivity index (χ0n) is 8.48. The van der Waals surface area contributed by atoms with Gasteiger partial charge < -0.3 is 4.98 Å². The molecule has 1 nitrogen and oxygen atoms in total. The maximum absolute atomic E-state index is 3.38. The number of aromatic nitrogens is 1. The van der Waals surface area contributed by atoms with Crippen LogP contribution in [0.5, 0.6) is 0 Å². The summed E-state index contributed by atoms with van der Waals surface area (Å²) in [5.41, 5.74) is 5.70. The van der Waals surface area contributed by atoms with E-state index in [1.165, 1.54) is 48.1 Å². The molecule has 1 aliphatic carbocycles. The monoisotopic (exact) mass is 175 g/mol. The van der Waals surface area contributed by atoms with E-state index in [1.807, 2.05) is 0 Å². The van der Waals surface area contributed by atoms with Crippen molar-refractivity contribution in [3.63, 3.8) is 0 Å². The van der Waals surface area contributed by atoms with Gasteiger partial charge >= 0.3 is 0 Å². The van der Waals surface area contributed by atoms with Crippen LogP contribution in [-0.4, -0.2) is 4.98 Å². The van der Waals surface area contributed by atoms with Gasteiger partial charge in [0.1, 0.15) is 0 Å². The molecule has 0 amide bonds. The third kappa shape index (κ3) is 1.55. The van der Waals surface area contributed by atoms with E-state index in [-0.39, 0.29) is 0 Å². The van der Waals surface area contributed by atoms with Crippen LogP contribution in [0.3, 0.4) is 0 Å². The minimum Gasteiger partial charge on any atom is -0.361 e. The molecular formula is C12H17N. The van der Waals surface area contributed by atoms with Gasteiger partial charge in [0.2, 0.25) is 0 Å². The molecule has 0 bridgehead atoms. The number of H-pyrrole nitrogens is 1. The van der Waals surface area contributed by atoms with Gasteiger partial charge in [-0.1, -0.05) is 6.08 Å². The second-order valence-electron chi connectivity index (χ2n) is 3.95. The molecule has 0 radical (unpaired) electrons. The second kappa shape index (κ2) is 3.41. The highest BCUT2D eigenvalue weighted by atomic mass is 14.7. The Labute approximate surface area is 79.9 Å². The van der Waals surface area contributed by atoms with Crippen LogP contribution in [0.15, 0.2) is 12.3 Å². The van der Waals surface area contributed by atoms with Crippen molar-refractivity contribution < 1.29 is 0 Å². The number of allylic oxidation sites excluding steroid dienone is 2. The molecule has 1 heteroatoms. The number of nitrogens with one attached hydrogen (secondary N) is 1. The van der Waals surface area contributed by atoms with E-state index in [0.29, 0.717) is 0 Å². The van der Waals surface area contributed by atoms with Gasteiger partial charge in [-0.3, -0.25) is 0 Å². The smallest absolute Gasteiger partial charge is 0.0442 e. The quantitative estimate of drug-likeness (QED) is 0.671. The Morgan fingerprint density at radius 1 is 1.23 bits per heavy atom. The van der Waals surface area contributed by atoms with Crippen LogP contribution in [0.1, 0.15) is 42.5 Å². The van der Waals surface area contributed by atoms with Gasteiger partial charge in [-0.05, 0) is 56.2 Å². The Bertz CT molecular complexity index is 331. The molecule has 0 unspecified atom stereocenters. The first kappa shape index (κ1) is 8.61. The summed E-state index contributed by atoms with van der Waals surface area (Å²) in [6.45, 7) is 4.37. The summed E-state index contributed by atoms with van der Waals surface area (Å²) in [5, 5.41) is 0. The summed E-state index contributed by atoms with van der Waals surface area (Å²) < 4.78 is 0. The zero-order chi connectivity index (χ0) is 9.26. The fraction of sp³-hybridized carbons (Fsp3) is 0.500. The van der Waals surface area contributed by atoms with E-state index in [4.69, 9.17) is 0 Å². The lowest BCUT2D eigenvalue weighted by Crippen LogP contribution is -1.93. The Morgan fingerprint density at radius 3 is 2.62 bits per heavy atom. The van der Waals surface area contributed by atoms with Crippen LogP contribution >= 0.6 is 0 Å². The molecule has 0 aromatic carbocycles. The normalized spacial score (nSPS) is 17.2. The number of rotatable bonds is 1. The molecule has 0 fully saturated rings. The van der Waals surface area contributed by atoms with Crippen molar-refractivity contribution in [2.75, 3.05) is 0 Å². The fourth-order valence-electron chi connectivity index (χ4n) is 1.99. The summed E-state index contributed by atoms with van der Waals surface area (Å²) in [6, 6.07) is 0. The molecule has 2 rings (SSSR count). The van der Waals surface area contributed by atoms with E-state index in [9.17, 15) is 0 Å². The molecule has 1 N–H and O–H groups in total. The van der Waals surface area contributed by atoms with Crippen molar-refractivity contribution in [3.05, 3.63) is 29.1 Å². The van der Waals surface area contributed by atoms with Crippen molar-refractivity contribution in [2.45, 2.75) is 39.5 Å². The Balaban J connectivity index is 2.34. The van der Waals surface area contributed by atoms with Crippen molar-refractivity contribution >= 4 is 5.57 Å². The maximum Gasteiger partial charge on any atom is 0.0442 e. The van der Waals surface area contributed by atoms with Gasteiger partial charge in [-0.15, -0.1) is 0 Å². The average molecular weight is 175 g/mol. The minimum atomic E-state index is 1.25. The van der Waals surface area contributed by atoms with E-state index in [1.54, 1.807) is 0 Å². The first-order valence-corrected chi connectivity index (χ1v) is 5.13. The third-order valence-corrected chi connectivity index (χ3v) is 3.01. The largest absolute Gasteiger partial charge is 0.361 e. The predicted octanol–water partition coefficient (Wildman–Crippen LogP) is 3.59. The standard InChI is InChI=1S/C12H17N/c1-9-8-13-12(10(9)2)11-6-4-3-5-7-11/h6,8,13H,3-5,7H2,1-2H3. The van der Waals surface area contributed by atoms with Gasteiger partial charge in [0.15, 0.2) is 0 Å². The lowest BCUT2D eigenvalue weighted by molar-refractivity contribution is 0.740. The van der Waals surface area contributed by atoms with Crippen LogP contribution in [-0.2, 0) is 0 Å². The summed E-state index contributed by atoms with van der Waals surface area (Å²) in [7, 11) is 0. The highest BCUT2D eigenvalue weighted by molar-refractivity contribution is 5.66. The molecule has 1 aromatic heterocycles. The molecule has 70 valence electrons. The van der Waals surface area contributed by atoms with E-state index < -0.39 is 0 Å². The molecule has 13 heavy (non-hydrogen) atoms. The van der Waals surface area contributed by atoms with Gasteiger partial charge in [0.05, 0.1) is 0 Å². The molecule has 0 saturated carbocycles. The molecule has 1 heterocycles. The summed E-state index contributed by atoms with van der Waals surface area (Å²) in [5.74, 6) is 0. The zero-order valence-corrected chi connectivity index (χ0v) is 8.48. The molecule has 0 atom stereocenters. The van der Waals surface area contributed by atoms with E-state index in [0.717, 1.165) is 0 Å². The Morgan fingerprint density at radius 2 is 2.08 bits per heavy atom. The summed E-state index contributed by atoms with van der Waals surface area (Å²) in [4.78, 5) is 3.38. The molecule has 1 aromatic rings. The Hall–Kier alpha value is -0.980. The van der Waals surface area contributed by atoms with Crippen molar-refractivity contribution in [1.82, 2.24) is 4.98 Å². The molecular weight excluding hydrogens is 158 g/mol. The van der Waals surface area contributed by atoms with Gasteiger partial charge in [0, 0.05) is 11.9 Å². The summed E-state index contributed by atoms with van der Waals surface area (Å²) in [6.07, 6.45) is 9.72. The van der Waals surface area contributed by atoms with Gasteiger partial charge in [0.25, 0.3) is 0 Å². The fourth-order valence-corrected chi connectivity index (χ4v) is 1.99. The molecule has 0 spiro atoms. The summed E-state index contributed by atoms with van der Waals surface area (Å²) >= 11 is 0. The van der Waals surface area contributed by atoms with E-state index >= 15 is 0 Å². The number of aromatic amines is 1. The topological polar surface area (TPSA) is 15.8 Å². The van der Waals surface area contributed by atoms with Crippen LogP contribution in [0.4, 0.5) is 0 Å². The highest BCUT2D eigenvalue weighted by Gasteiger charge is 2.10. The molecule has 0 aliphatic heterocycles. The van der Waals surface area contributed by atoms with E-state index in [2.05, 4.69) is 31.1 Å². The average Bonchev–Trinajstić information content (AvgIpc) is 2.49. The molecule has 0 saturated heterocycles. The van der Waals surface area contributed by atoms with Crippen molar-refractivity contribution in [3.8, 4) is 0 Å². The van der Waals surface area contributed by atoms with Crippen LogP contribution in [0, 0.1) is 13.8 Å².